The van der Waals surface area contributed by atoms with E-state index in [9.17, 15) is 4.79 Å². The van der Waals surface area contributed by atoms with E-state index in [0.717, 1.165) is 24.6 Å². The number of hydrogen-bond acceptors (Lipinski definition) is 4. The summed E-state index contributed by atoms with van der Waals surface area (Å²) in [7, 11) is 3.44. The lowest BCUT2D eigenvalue weighted by Crippen LogP contribution is -2.39. The van der Waals surface area contributed by atoms with E-state index in [4.69, 9.17) is 14.6 Å². The van der Waals surface area contributed by atoms with Crippen LogP contribution in [0.4, 0.5) is 4.79 Å². The smallest absolute Gasteiger partial charge is 0.405 e. The molecule has 1 heterocycles. The highest BCUT2D eigenvalue weighted by Gasteiger charge is 2.43. The van der Waals surface area contributed by atoms with Crippen molar-refractivity contribution in [2.24, 2.45) is 5.92 Å². The zero-order chi connectivity index (χ0) is 18.8. The minimum absolute atomic E-state index is 0.328. The number of rotatable bonds is 2. The Kier molecular flexibility index (Phi) is 5.83. The molecule has 1 aliphatic carbocycles. The molecular formula is C19H30N2O4. The van der Waals surface area contributed by atoms with Crippen molar-refractivity contribution in [3.63, 3.8) is 0 Å². The van der Waals surface area contributed by atoms with Gasteiger partial charge in [-0.3, -0.25) is 0 Å². The van der Waals surface area contributed by atoms with Crippen molar-refractivity contribution in [2.75, 3.05) is 27.3 Å². The number of fused-ring (bicyclic) bond motifs is 3. The van der Waals surface area contributed by atoms with Crippen LogP contribution in [0, 0.1) is 5.92 Å². The van der Waals surface area contributed by atoms with Gasteiger partial charge in [-0.25, -0.2) is 4.79 Å². The van der Waals surface area contributed by atoms with Gasteiger partial charge in [0.05, 0.1) is 14.2 Å². The summed E-state index contributed by atoms with van der Waals surface area (Å²) in [5.74, 6) is 3.71. The van der Waals surface area contributed by atoms with Gasteiger partial charge in [0, 0.05) is 23.6 Å². The Balaban J connectivity index is 0.000000242. The molecule has 1 aromatic carbocycles. The fourth-order valence-corrected chi connectivity index (χ4v) is 3.84. The number of nitrogens with one attached hydrogen (secondary N) is 2. The van der Waals surface area contributed by atoms with Crippen LogP contribution in [0.25, 0.3) is 0 Å². The predicted molar refractivity (Wildman–Crippen MR) is 98.0 cm³/mol. The Morgan fingerprint density at radius 1 is 1.24 bits per heavy atom. The van der Waals surface area contributed by atoms with Crippen molar-refractivity contribution in [3.05, 3.63) is 23.3 Å². The second-order valence-corrected chi connectivity index (χ2v) is 7.70. The minimum Gasteiger partial charge on any atom is -0.493 e. The summed E-state index contributed by atoms with van der Waals surface area (Å²) in [4.78, 5) is 9.90. The molecule has 1 saturated heterocycles. The van der Waals surface area contributed by atoms with E-state index in [1.807, 2.05) is 6.07 Å². The first-order valence-electron chi connectivity index (χ1n) is 8.66. The van der Waals surface area contributed by atoms with E-state index in [1.165, 1.54) is 11.1 Å². The lowest BCUT2D eigenvalue weighted by atomic mass is 9.91. The van der Waals surface area contributed by atoms with E-state index >= 15 is 0 Å². The van der Waals surface area contributed by atoms with Crippen molar-refractivity contribution < 1.29 is 19.4 Å². The molecule has 0 bridgehead atoms. The SMILES string of the molecule is CC(C)(C)NC(=O)O.COc1ccc2c(c1OC)C1CNCC1C2C. The zero-order valence-electron chi connectivity index (χ0n) is 16.0. The number of amides is 1. The maximum Gasteiger partial charge on any atom is 0.405 e. The Morgan fingerprint density at radius 3 is 2.40 bits per heavy atom. The molecule has 3 rings (SSSR count). The summed E-state index contributed by atoms with van der Waals surface area (Å²) in [5.41, 5.74) is 2.49. The van der Waals surface area contributed by atoms with E-state index in [1.54, 1.807) is 35.0 Å². The molecule has 1 aliphatic heterocycles. The molecule has 1 aromatic rings. The lowest BCUT2D eigenvalue weighted by Gasteiger charge is -2.16. The monoisotopic (exact) mass is 350 g/mol. The first-order chi connectivity index (χ1) is 11.7. The third-order valence-corrected chi connectivity index (χ3v) is 4.86. The normalized spacial score (nSPS) is 23.8. The molecule has 2 aliphatic rings. The van der Waals surface area contributed by atoms with Crippen molar-refractivity contribution >= 4 is 6.09 Å². The molecule has 1 fully saturated rings. The number of methoxy groups -OCH3 is 2. The molecule has 0 saturated carbocycles. The fraction of sp³-hybridized carbons (Fsp3) is 0.632. The zero-order valence-corrected chi connectivity index (χ0v) is 16.0. The van der Waals surface area contributed by atoms with E-state index < -0.39 is 6.09 Å². The Bertz CT molecular complexity index is 625. The highest BCUT2D eigenvalue weighted by atomic mass is 16.5. The van der Waals surface area contributed by atoms with Gasteiger partial charge >= 0.3 is 6.09 Å². The molecule has 3 unspecified atom stereocenters. The molecular weight excluding hydrogens is 320 g/mol. The molecule has 6 heteroatoms. The molecule has 6 nitrogen and oxygen atoms in total. The van der Waals surface area contributed by atoms with Crippen LogP contribution in [-0.4, -0.2) is 44.0 Å². The fourth-order valence-electron chi connectivity index (χ4n) is 3.84. The van der Waals surface area contributed by atoms with E-state index in [0.29, 0.717) is 17.8 Å². The molecule has 0 radical (unpaired) electrons. The average Bonchev–Trinajstić information content (AvgIpc) is 3.08. The van der Waals surface area contributed by atoms with Gasteiger partial charge in [-0.1, -0.05) is 13.0 Å². The maximum absolute atomic E-state index is 9.90. The second kappa shape index (κ2) is 7.52. The second-order valence-electron chi connectivity index (χ2n) is 7.70. The highest BCUT2D eigenvalue weighted by molar-refractivity contribution is 5.65. The molecule has 25 heavy (non-hydrogen) atoms. The predicted octanol–water partition coefficient (Wildman–Crippen LogP) is 3.18. The Labute approximate surface area is 149 Å². The average molecular weight is 350 g/mol. The molecule has 3 N–H and O–H groups in total. The van der Waals surface area contributed by atoms with Crippen LogP contribution in [0.15, 0.2) is 12.1 Å². The molecule has 3 atom stereocenters. The lowest BCUT2D eigenvalue weighted by molar-refractivity contribution is 0.184. The number of benzene rings is 1. The third kappa shape index (κ3) is 4.18. The third-order valence-electron chi connectivity index (χ3n) is 4.86. The summed E-state index contributed by atoms with van der Waals surface area (Å²) < 4.78 is 11.0. The number of hydrogen-bond donors (Lipinski definition) is 3. The van der Waals surface area contributed by atoms with Crippen LogP contribution < -0.4 is 20.1 Å². The van der Waals surface area contributed by atoms with Crippen molar-refractivity contribution in [1.82, 2.24) is 10.6 Å². The van der Waals surface area contributed by atoms with Crippen LogP contribution in [0.5, 0.6) is 11.5 Å². The first-order valence-corrected chi connectivity index (χ1v) is 8.66. The van der Waals surface area contributed by atoms with Gasteiger partial charge in [-0.05, 0) is 50.8 Å². The van der Waals surface area contributed by atoms with Crippen LogP contribution in [0.2, 0.25) is 0 Å². The largest absolute Gasteiger partial charge is 0.493 e. The van der Waals surface area contributed by atoms with Gasteiger partial charge in [0.15, 0.2) is 11.5 Å². The van der Waals surface area contributed by atoms with Gasteiger partial charge in [-0.2, -0.15) is 0 Å². The summed E-state index contributed by atoms with van der Waals surface area (Å²) >= 11 is 0. The maximum atomic E-state index is 9.90. The van der Waals surface area contributed by atoms with Gasteiger partial charge in [0.25, 0.3) is 0 Å². The van der Waals surface area contributed by atoms with Crippen LogP contribution in [0.1, 0.15) is 50.7 Å². The molecule has 0 spiro atoms. The summed E-state index contributed by atoms with van der Waals surface area (Å²) in [5, 5.41) is 13.9. The van der Waals surface area contributed by atoms with Gasteiger partial charge in [0.2, 0.25) is 0 Å². The van der Waals surface area contributed by atoms with Crippen molar-refractivity contribution in [2.45, 2.75) is 45.1 Å². The standard InChI is InChI=1S/C14H19NO2.C5H11NO2/c1-8-9-4-5-12(16-2)14(17-3)13(9)11-7-15-6-10(8)11;1-5(2,3)6-4(7)8/h4-5,8,10-11,15H,6-7H2,1-3H3;6H,1-3H3,(H,7,8). The van der Waals surface area contributed by atoms with Gasteiger partial charge in [-0.15, -0.1) is 0 Å². The Hall–Kier alpha value is -1.95. The van der Waals surface area contributed by atoms with Crippen LogP contribution >= 0.6 is 0 Å². The van der Waals surface area contributed by atoms with Gasteiger partial charge < -0.3 is 25.2 Å². The van der Waals surface area contributed by atoms with Crippen LogP contribution in [0.3, 0.4) is 0 Å². The summed E-state index contributed by atoms with van der Waals surface area (Å²) in [6.45, 7) is 9.88. The molecule has 0 aromatic heterocycles. The van der Waals surface area contributed by atoms with E-state index in [-0.39, 0.29) is 5.54 Å². The highest BCUT2D eigenvalue weighted by Crippen LogP contribution is 2.53. The quantitative estimate of drug-likeness (QED) is 0.763. The number of carbonyl (C=O) groups is 1. The van der Waals surface area contributed by atoms with E-state index in [2.05, 4.69) is 23.6 Å². The van der Waals surface area contributed by atoms with Gasteiger partial charge in [0.1, 0.15) is 0 Å². The van der Waals surface area contributed by atoms with Crippen molar-refractivity contribution in [1.29, 1.82) is 0 Å². The topological polar surface area (TPSA) is 79.8 Å². The summed E-state index contributed by atoms with van der Waals surface area (Å²) in [6.07, 6.45) is -0.975. The first kappa shape index (κ1) is 19.4. The Morgan fingerprint density at radius 2 is 1.92 bits per heavy atom. The summed E-state index contributed by atoms with van der Waals surface area (Å²) in [6, 6.07) is 4.24. The molecule has 140 valence electrons. The van der Waals surface area contributed by atoms with Crippen molar-refractivity contribution in [3.8, 4) is 11.5 Å². The molecule has 1 amide bonds. The minimum atomic E-state index is -0.975. The number of ether oxygens (including phenoxy) is 2. The number of carboxylic acid groups (broad SMARTS) is 1. The van der Waals surface area contributed by atoms with Crippen LogP contribution in [-0.2, 0) is 0 Å².